The minimum absolute atomic E-state index is 0. The molecular formula is C16H27Cl2N3O. The molecule has 1 aliphatic heterocycles. The molecule has 126 valence electrons. The van der Waals surface area contributed by atoms with Crippen LogP contribution in [0.3, 0.4) is 0 Å². The number of anilines is 1. The van der Waals surface area contributed by atoms with Crippen LogP contribution in [-0.2, 0) is 0 Å². The molecule has 1 heterocycles. The van der Waals surface area contributed by atoms with E-state index in [1.165, 1.54) is 19.4 Å². The number of hydrogen-bond donors (Lipinski definition) is 1. The van der Waals surface area contributed by atoms with E-state index >= 15 is 0 Å². The predicted octanol–water partition coefficient (Wildman–Crippen LogP) is 2.83. The van der Waals surface area contributed by atoms with Crippen molar-refractivity contribution in [2.45, 2.75) is 19.8 Å². The Hall–Kier alpha value is -0.970. The highest BCUT2D eigenvalue weighted by atomic mass is 35.5. The molecule has 0 spiro atoms. The lowest BCUT2D eigenvalue weighted by Crippen LogP contribution is -2.40. The maximum atomic E-state index is 12.5. The fraction of sp³-hybridized carbons (Fsp3) is 0.562. The number of halogens is 2. The number of carbonyl (C=O) groups is 1. The molecule has 0 radical (unpaired) electrons. The quantitative estimate of drug-likeness (QED) is 0.855. The van der Waals surface area contributed by atoms with Crippen molar-refractivity contribution >= 4 is 36.4 Å². The molecule has 1 aliphatic rings. The zero-order valence-electron chi connectivity index (χ0n) is 13.5. The number of likely N-dealkylation sites (tertiary alicyclic amines) is 1. The fourth-order valence-electron chi connectivity index (χ4n) is 2.97. The Labute approximate surface area is 145 Å². The lowest BCUT2D eigenvalue weighted by Gasteiger charge is -2.32. The van der Waals surface area contributed by atoms with Gasteiger partial charge >= 0.3 is 0 Å². The van der Waals surface area contributed by atoms with Gasteiger partial charge in [-0.2, -0.15) is 0 Å². The van der Waals surface area contributed by atoms with E-state index < -0.39 is 0 Å². The molecule has 0 saturated carbocycles. The third kappa shape index (κ3) is 5.34. The molecule has 0 aromatic heterocycles. The van der Waals surface area contributed by atoms with Crippen LogP contribution in [0.4, 0.5) is 5.69 Å². The average Bonchev–Trinajstić information content (AvgIpc) is 2.40. The van der Waals surface area contributed by atoms with Gasteiger partial charge in [-0.15, -0.1) is 24.8 Å². The Morgan fingerprint density at radius 2 is 2.09 bits per heavy atom. The van der Waals surface area contributed by atoms with Crippen molar-refractivity contribution in [3.63, 3.8) is 0 Å². The molecule has 1 amide bonds. The summed E-state index contributed by atoms with van der Waals surface area (Å²) >= 11 is 0. The van der Waals surface area contributed by atoms with E-state index in [4.69, 9.17) is 5.73 Å². The van der Waals surface area contributed by atoms with Crippen LogP contribution >= 0.6 is 24.8 Å². The summed E-state index contributed by atoms with van der Waals surface area (Å²) in [6.07, 6.45) is 2.43. The second kappa shape index (κ2) is 9.23. The van der Waals surface area contributed by atoms with Gasteiger partial charge in [0.1, 0.15) is 0 Å². The number of piperidine rings is 1. The van der Waals surface area contributed by atoms with Crippen LogP contribution in [0.15, 0.2) is 18.2 Å². The SMILES string of the molecule is Cc1ccc(N)cc1C(=O)N(C)CC1CCCN(C)C1.Cl.Cl. The standard InChI is InChI=1S/C16H25N3O.2ClH/c1-12-6-7-14(17)9-15(12)16(20)19(3)11-13-5-4-8-18(2)10-13;;/h6-7,9,13H,4-5,8,10-11,17H2,1-3H3;2*1H. The smallest absolute Gasteiger partial charge is 0.253 e. The lowest BCUT2D eigenvalue weighted by atomic mass is 9.97. The highest BCUT2D eigenvalue weighted by molar-refractivity contribution is 5.96. The van der Waals surface area contributed by atoms with E-state index in [-0.39, 0.29) is 30.7 Å². The summed E-state index contributed by atoms with van der Waals surface area (Å²) in [6, 6.07) is 5.52. The molecule has 0 aliphatic carbocycles. The Kier molecular flexibility index (Phi) is 8.83. The van der Waals surface area contributed by atoms with Gasteiger partial charge in [-0.1, -0.05) is 6.07 Å². The van der Waals surface area contributed by atoms with Crippen molar-refractivity contribution in [2.24, 2.45) is 5.92 Å². The van der Waals surface area contributed by atoms with Gasteiger partial charge in [-0.05, 0) is 57.0 Å². The number of hydrogen-bond acceptors (Lipinski definition) is 3. The third-order valence-corrected chi connectivity index (χ3v) is 4.09. The number of aryl methyl sites for hydroxylation is 1. The van der Waals surface area contributed by atoms with E-state index in [0.29, 0.717) is 11.6 Å². The number of nitrogens with zero attached hydrogens (tertiary/aromatic N) is 2. The second-order valence-corrected chi connectivity index (χ2v) is 6.03. The molecule has 22 heavy (non-hydrogen) atoms. The van der Waals surface area contributed by atoms with E-state index in [2.05, 4.69) is 11.9 Å². The summed E-state index contributed by atoms with van der Waals surface area (Å²) in [6.45, 7) is 5.02. The first kappa shape index (κ1) is 21.0. The molecule has 1 saturated heterocycles. The zero-order chi connectivity index (χ0) is 14.7. The van der Waals surface area contributed by atoms with Crippen LogP contribution in [0.2, 0.25) is 0 Å². The van der Waals surface area contributed by atoms with Gasteiger partial charge in [0.15, 0.2) is 0 Å². The fourth-order valence-corrected chi connectivity index (χ4v) is 2.97. The van der Waals surface area contributed by atoms with Crippen LogP contribution in [0.5, 0.6) is 0 Å². The summed E-state index contributed by atoms with van der Waals surface area (Å²) in [4.78, 5) is 16.7. The van der Waals surface area contributed by atoms with Gasteiger partial charge in [0.25, 0.3) is 5.91 Å². The maximum Gasteiger partial charge on any atom is 0.253 e. The van der Waals surface area contributed by atoms with E-state index in [0.717, 1.165) is 24.2 Å². The molecule has 0 bridgehead atoms. The maximum absolute atomic E-state index is 12.5. The molecule has 1 atom stereocenters. The van der Waals surface area contributed by atoms with Crippen LogP contribution < -0.4 is 5.73 Å². The highest BCUT2D eigenvalue weighted by Crippen LogP contribution is 2.19. The summed E-state index contributed by atoms with van der Waals surface area (Å²) < 4.78 is 0. The first-order chi connectivity index (χ1) is 9.47. The van der Waals surface area contributed by atoms with E-state index in [1.54, 1.807) is 6.07 Å². The Balaban J connectivity index is 0.00000220. The minimum atomic E-state index is 0. The summed E-state index contributed by atoms with van der Waals surface area (Å²) in [5.41, 5.74) is 8.14. The lowest BCUT2D eigenvalue weighted by molar-refractivity contribution is 0.0740. The number of amides is 1. The van der Waals surface area contributed by atoms with Crippen LogP contribution in [0, 0.1) is 12.8 Å². The molecular weight excluding hydrogens is 321 g/mol. The number of benzene rings is 1. The first-order valence-electron chi connectivity index (χ1n) is 7.27. The third-order valence-electron chi connectivity index (χ3n) is 4.09. The second-order valence-electron chi connectivity index (χ2n) is 6.03. The van der Waals surface area contributed by atoms with Gasteiger partial charge in [-0.3, -0.25) is 4.79 Å². The molecule has 4 nitrogen and oxygen atoms in total. The molecule has 1 unspecified atom stereocenters. The van der Waals surface area contributed by atoms with Gasteiger partial charge < -0.3 is 15.5 Å². The Bertz CT molecular complexity index is 496. The summed E-state index contributed by atoms with van der Waals surface area (Å²) in [7, 11) is 4.04. The normalized spacial score (nSPS) is 18.0. The molecule has 1 aromatic carbocycles. The molecule has 2 rings (SSSR count). The number of rotatable bonds is 3. The van der Waals surface area contributed by atoms with Gasteiger partial charge in [0, 0.05) is 31.4 Å². The summed E-state index contributed by atoms with van der Waals surface area (Å²) in [5.74, 6) is 0.645. The van der Waals surface area contributed by atoms with Crippen molar-refractivity contribution in [1.82, 2.24) is 9.80 Å². The number of nitrogen functional groups attached to an aromatic ring is 1. The van der Waals surface area contributed by atoms with Crippen molar-refractivity contribution in [1.29, 1.82) is 0 Å². The summed E-state index contributed by atoms with van der Waals surface area (Å²) in [5, 5.41) is 0. The Morgan fingerprint density at radius 1 is 1.41 bits per heavy atom. The van der Waals surface area contributed by atoms with E-state index in [9.17, 15) is 4.79 Å². The average molecular weight is 348 g/mol. The highest BCUT2D eigenvalue weighted by Gasteiger charge is 2.22. The predicted molar refractivity (Wildman–Crippen MR) is 97.3 cm³/mol. The molecule has 1 fully saturated rings. The zero-order valence-corrected chi connectivity index (χ0v) is 15.2. The van der Waals surface area contributed by atoms with Gasteiger partial charge in [-0.25, -0.2) is 0 Å². The first-order valence-corrected chi connectivity index (χ1v) is 7.27. The number of carbonyl (C=O) groups excluding carboxylic acids is 1. The van der Waals surface area contributed by atoms with Crippen molar-refractivity contribution in [3.8, 4) is 0 Å². The van der Waals surface area contributed by atoms with Crippen molar-refractivity contribution < 1.29 is 4.79 Å². The topological polar surface area (TPSA) is 49.6 Å². The molecule has 2 N–H and O–H groups in total. The van der Waals surface area contributed by atoms with Crippen LogP contribution in [0.25, 0.3) is 0 Å². The van der Waals surface area contributed by atoms with Crippen molar-refractivity contribution in [2.75, 3.05) is 39.5 Å². The number of nitrogens with two attached hydrogens (primary N) is 1. The van der Waals surface area contributed by atoms with E-state index in [1.807, 2.05) is 31.0 Å². The minimum Gasteiger partial charge on any atom is -0.399 e. The molecule has 1 aromatic rings. The monoisotopic (exact) mass is 347 g/mol. The van der Waals surface area contributed by atoms with Crippen molar-refractivity contribution in [3.05, 3.63) is 29.3 Å². The molecule has 6 heteroatoms. The van der Waals surface area contributed by atoms with Crippen LogP contribution in [-0.4, -0.2) is 49.4 Å². The Morgan fingerprint density at radius 3 is 2.73 bits per heavy atom. The largest absolute Gasteiger partial charge is 0.399 e. The van der Waals surface area contributed by atoms with Crippen LogP contribution in [0.1, 0.15) is 28.8 Å². The van der Waals surface area contributed by atoms with Gasteiger partial charge in [0.2, 0.25) is 0 Å². The van der Waals surface area contributed by atoms with Gasteiger partial charge in [0.05, 0.1) is 0 Å².